The molecule has 1 amide bonds. The Labute approximate surface area is 127 Å². The van der Waals surface area contributed by atoms with Crippen molar-refractivity contribution in [1.29, 1.82) is 5.26 Å². The lowest BCUT2D eigenvalue weighted by atomic mass is 10.1. The van der Waals surface area contributed by atoms with Gasteiger partial charge >= 0.3 is 0 Å². The number of aromatic nitrogens is 2. The van der Waals surface area contributed by atoms with Crippen molar-refractivity contribution in [3.63, 3.8) is 0 Å². The second-order valence-corrected chi connectivity index (χ2v) is 4.99. The highest BCUT2D eigenvalue weighted by atomic mass is 16.3. The summed E-state index contributed by atoms with van der Waals surface area (Å²) in [6.45, 7) is 3.45. The van der Waals surface area contributed by atoms with Crippen molar-refractivity contribution in [2.45, 2.75) is 26.9 Å². The van der Waals surface area contributed by atoms with Gasteiger partial charge in [-0.2, -0.15) is 10.4 Å². The van der Waals surface area contributed by atoms with E-state index in [1.54, 1.807) is 33.0 Å². The standard InChI is InChI=1S/C15H16N4O3/c1-10-11(2)17-19(15(21)13(10)7-16)9-14(20)18(3)8-12-5-4-6-22-12/h4-6H,8-9H2,1-3H3. The number of carbonyl (C=O) groups is 1. The van der Waals surface area contributed by atoms with Crippen LogP contribution in [0.2, 0.25) is 0 Å². The second kappa shape index (κ2) is 6.26. The molecule has 0 aliphatic heterocycles. The Hall–Kier alpha value is -2.88. The van der Waals surface area contributed by atoms with Gasteiger partial charge in [-0.3, -0.25) is 9.59 Å². The lowest BCUT2D eigenvalue weighted by Crippen LogP contribution is -2.36. The molecule has 0 unspecified atom stereocenters. The topological polar surface area (TPSA) is 92.1 Å². The van der Waals surface area contributed by atoms with Crippen molar-refractivity contribution >= 4 is 5.91 Å². The molecule has 0 saturated carbocycles. The molecule has 0 atom stereocenters. The van der Waals surface area contributed by atoms with Gasteiger partial charge in [0.15, 0.2) is 0 Å². The number of aryl methyl sites for hydroxylation is 1. The molecule has 0 spiro atoms. The quantitative estimate of drug-likeness (QED) is 0.839. The molecule has 2 rings (SSSR count). The van der Waals surface area contributed by atoms with E-state index in [9.17, 15) is 9.59 Å². The Morgan fingerprint density at radius 3 is 2.82 bits per heavy atom. The van der Waals surface area contributed by atoms with Gasteiger partial charge in [-0.1, -0.05) is 0 Å². The molecule has 7 heteroatoms. The Balaban J connectivity index is 2.20. The lowest BCUT2D eigenvalue weighted by molar-refractivity contribution is -0.131. The second-order valence-electron chi connectivity index (χ2n) is 4.99. The summed E-state index contributed by atoms with van der Waals surface area (Å²) in [6.07, 6.45) is 1.53. The van der Waals surface area contributed by atoms with Crippen molar-refractivity contribution in [3.05, 3.63) is 51.3 Å². The van der Waals surface area contributed by atoms with Crippen molar-refractivity contribution < 1.29 is 9.21 Å². The smallest absolute Gasteiger partial charge is 0.285 e. The summed E-state index contributed by atoms with van der Waals surface area (Å²) in [4.78, 5) is 25.8. The number of rotatable bonds is 4. The van der Waals surface area contributed by atoms with Crippen LogP contribution in [0.25, 0.3) is 0 Å². The van der Waals surface area contributed by atoms with E-state index in [4.69, 9.17) is 9.68 Å². The summed E-state index contributed by atoms with van der Waals surface area (Å²) in [5, 5.41) is 13.1. The fourth-order valence-corrected chi connectivity index (χ4v) is 1.98. The van der Waals surface area contributed by atoms with Gasteiger partial charge in [0, 0.05) is 7.05 Å². The maximum atomic E-state index is 12.2. The van der Waals surface area contributed by atoms with E-state index in [-0.39, 0.29) is 18.0 Å². The first kappa shape index (κ1) is 15.5. The molecule has 7 nitrogen and oxygen atoms in total. The first-order valence-electron chi connectivity index (χ1n) is 6.68. The molecule has 0 aliphatic rings. The highest BCUT2D eigenvalue weighted by Crippen LogP contribution is 2.06. The molecule has 0 bridgehead atoms. The average Bonchev–Trinajstić information content (AvgIpc) is 2.98. The lowest BCUT2D eigenvalue weighted by Gasteiger charge is -2.16. The molecule has 2 aromatic heterocycles. The monoisotopic (exact) mass is 300 g/mol. The van der Waals surface area contributed by atoms with Gasteiger partial charge < -0.3 is 9.32 Å². The van der Waals surface area contributed by atoms with Crippen LogP contribution in [-0.4, -0.2) is 27.6 Å². The number of likely N-dealkylation sites (N-methyl/N-ethyl adjacent to an activating group) is 1. The van der Waals surface area contributed by atoms with E-state index in [1.807, 2.05) is 6.07 Å². The molecule has 114 valence electrons. The van der Waals surface area contributed by atoms with Crippen LogP contribution >= 0.6 is 0 Å². The van der Waals surface area contributed by atoms with Gasteiger partial charge in [0.1, 0.15) is 23.9 Å². The minimum absolute atomic E-state index is 0.0222. The van der Waals surface area contributed by atoms with Crippen molar-refractivity contribution in [2.75, 3.05) is 7.05 Å². The van der Waals surface area contributed by atoms with Crippen molar-refractivity contribution in [2.24, 2.45) is 0 Å². The number of hydrogen-bond donors (Lipinski definition) is 0. The first-order chi connectivity index (χ1) is 10.4. The zero-order chi connectivity index (χ0) is 16.3. The molecule has 0 N–H and O–H groups in total. The largest absolute Gasteiger partial charge is 0.467 e. The number of nitrogens with zero attached hydrogens (tertiary/aromatic N) is 4. The molecule has 0 aliphatic carbocycles. The molecule has 0 fully saturated rings. The van der Waals surface area contributed by atoms with Crippen LogP contribution in [0.1, 0.15) is 22.6 Å². The van der Waals surface area contributed by atoms with Crippen LogP contribution in [0.3, 0.4) is 0 Å². The van der Waals surface area contributed by atoms with E-state index in [0.29, 0.717) is 23.6 Å². The Kier molecular flexibility index (Phi) is 4.41. The zero-order valence-electron chi connectivity index (χ0n) is 12.7. The average molecular weight is 300 g/mol. The molecule has 2 heterocycles. The molecule has 22 heavy (non-hydrogen) atoms. The maximum Gasteiger partial charge on any atom is 0.285 e. The van der Waals surface area contributed by atoms with E-state index in [1.165, 1.54) is 11.2 Å². The number of hydrogen-bond acceptors (Lipinski definition) is 5. The van der Waals surface area contributed by atoms with Gasteiger partial charge in [-0.15, -0.1) is 0 Å². The van der Waals surface area contributed by atoms with E-state index >= 15 is 0 Å². The number of amides is 1. The molecule has 0 saturated heterocycles. The van der Waals surface area contributed by atoms with Gasteiger partial charge in [0.25, 0.3) is 5.56 Å². The minimum Gasteiger partial charge on any atom is -0.467 e. The summed E-state index contributed by atoms with van der Waals surface area (Å²) < 4.78 is 6.21. The van der Waals surface area contributed by atoms with E-state index in [0.717, 1.165) is 4.68 Å². The van der Waals surface area contributed by atoms with E-state index in [2.05, 4.69) is 5.10 Å². The summed E-state index contributed by atoms with van der Waals surface area (Å²) in [5.41, 5.74) is 0.567. The van der Waals surface area contributed by atoms with Crippen molar-refractivity contribution in [1.82, 2.24) is 14.7 Å². The first-order valence-corrected chi connectivity index (χ1v) is 6.68. The van der Waals surface area contributed by atoms with Crippen LogP contribution in [0.4, 0.5) is 0 Å². The molecular formula is C15H16N4O3. The van der Waals surface area contributed by atoms with Crippen LogP contribution < -0.4 is 5.56 Å². The van der Waals surface area contributed by atoms with Gasteiger partial charge in [0.05, 0.1) is 18.5 Å². The fraction of sp³-hybridized carbons (Fsp3) is 0.333. The third-order valence-corrected chi connectivity index (χ3v) is 3.43. The fourth-order valence-electron chi connectivity index (χ4n) is 1.98. The molecule has 0 radical (unpaired) electrons. The molecule has 2 aromatic rings. The highest BCUT2D eigenvalue weighted by molar-refractivity contribution is 5.75. The third kappa shape index (κ3) is 3.06. The molecular weight excluding hydrogens is 284 g/mol. The number of furan rings is 1. The van der Waals surface area contributed by atoms with Gasteiger partial charge in [-0.25, -0.2) is 4.68 Å². The Morgan fingerprint density at radius 1 is 1.50 bits per heavy atom. The third-order valence-electron chi connectivity index (χ3n) is 3.43. The van der Waals surface area contributed by atoms with Crippen molar-refractivity contribution in [3.8, 4) is 6.07 Å². The SMILES string of the molecule is Cc1nn(CC(=O)N(C)Cc2ccco2)c(=O)c(C#N)c1C. The van der Waals surface area contributed by atoms with Crippen LogP contribution in [-0.2, 0) is 17.9 Å². The maximum absolute atomic E-state index is 12.2. The predicted molar refractivity (Wildman–Crippen MR) is 77.9 cm³/mol. The van der Waals surface area contributed by atoms with Gasteiger partial charge in [-0.05, 0) is 31.5 Å². The minimum atomic E-state index is -0.551. The van der Waals surface area contributed by atoms with Gasteiger partial charge in [0.2, 0.25) is 5.91 Å². The Morgan fingerprint density at radius 2 is 2.23 bits per heavy atom. The van der Waals surface area contributed by atoms with E-state index < -0.39 is 5.56 Å². The van der Waals surface area contributed by atoms with Crippen LogP contribution in [0.5, 0.6) is 0 Å². The molecule has 0 aromatic carbocycles. The van der Waals surface area contributed by atoms with Crippen LogP contribution in [0, 0.1) is 25.2 Å². The van der Waals surface area contributed by atoms with Crippen LogP contribution in [0.15, 0.2) is 27.6 Å². The summed E-state index contributed by atoms with van der Waals surface area (Å²) in [7, 11) is 1.61. The summed E-state index contributed by atoms with van der Waals surface area (Å²) >= 11 is 0. The summed E-state index contributed by atoms with van der Waals surface area (Å²) in [6, 6.07) is 5.37. The summed E-state index contributed by atoms with van der Waals surface area (Å²) in [5.74, 6) is 0.354. The normalized spacial score (nSPS) is 10.3. The predicted octanol–water partition coefficient (Wildman–Crippen LogP) is 0.983. The highest BCUT2D eigenvalue weighted by Gasteiger charge is 2.16. The number of nitriles is 1. The zero-order valence-corrected chi connectivity index (χ0v) is 12.7. The number of carbonyl (C=O) groups excluding carboxylic acids is 1. The Bertz CT molecular complexity index is 784.